The number of benzene rings is 1. The number of aromatic nitrogens is 2. The molecule has 1 aromatic carbocycles. The first-order chi connectivity index (χ1) is 11.9. The van der Waals surface area contributed by atoms with Crippen molar-refractivity contribution in [2.24, 2.45) is 5.73 Å². The van der Waals surface area contributed by atoms with Crippen molar-refractivity contribution in [3.8, 4) is 0 Å². The van der Waals surface area contributed by atoms with Crippen molar-refractivity contribution in [1.82, 2.24) is 9.55 Å². The smallest absolute Gasteiger partial charge is 0.328 e. The fourth-order valence-corrected chi connectivity index (χ4v) is 2.47. The fraction of sp³-hybridized carbons (Fsp3) is 0.167. The Hall–Kier alpha value is -3.19. The molecular weight excluding hydrogens is 322 g/mol. The number of carbonyl (C=O) groups is 2. The van der Waals surface area contributed by atoms with E-state index in [9.17, 15) is 9.59 Å². The lowest BCUT2D eigenvalue weighted by molar-refractivity contribution is -0.134. The van der Waals surface area contributed by atoms with E-state index in [-0.39, 0.29) is 6.04 Å². The van der Waals surface area contributed by atoms with Gasteiger partial charge in [-0.25, -0.2) is 9.59 Å². The van der Waals surface area contributed by atoms with Crippen LogP contribution in [0, 0.1) is 0 Å². The van der Waals surface area contributed by atoms with E-state index >= 15 is 0 Å². The summed E-state index contributed by atoms with van der Waals surface area (Å²) in [6, 6.07) is 8.60. The quantitative estimate of drug-likeness (QED) is 0.626. The van der Waals surface area contributed by atoms with Crippen LogP contribution in [-0.4, -0.2) is 37.7 Å². The predicted molar refractivity (Wildman–Crippen MR) is 95.3 cm³/mol. The summed E-state index contributed by atoms with van der Waals surface area (Å²) in [6.45, 7) is 2.85. The Labute approximate surface area is 144 Å². The molecule has 25 heavy (non-hydrogen) atoms. The largest absolute Gasteiger partial charge is 0.478 e. The zero-order chi connectivity index (χ0) is 18.4. The molecular formula is C18H19N3O4. The summed E-state index contributed by atoms with van der Waals surface area (Å²) < 4.78 is 2.21. The van der Waals surface area contributed by atoms with E-state index in [1.165, 1.54) is 21.7 Å². The first-order valence-electron chi connectivity index (χ1n) is 7.59. The monoisotopic (exact) mass is 341 g/mol. The van der Waals surface area contributed by atoms with Gasteiger partial charge in [-0.05, 0) is 24.4 Å². The summed E-state index contributed by atoms with van der Waals surface area (Å²) in [6.07, 6.45) is 6.97. The van der Waals surface area contributed by atoms with Gasteiger partial charge in [0, 0.05) is 54.1 Å². The molecule has 4 N–H and O–H groups in total. The number of hydrogen-bond donors (Lipinski definition) is 3. The van der Waals surface area contributed by atoms with E-state index in [4.69, 9.17) is 15.9 Å². The molecule has 7 heteroatoms. The van der Waals surface area contributed by atoms with E-state index in [1.54, 1.807) is 0 Å². The number of pyridine rings is 1. The molecule has 0 amide bonds. The Bertz CT molecular complexity index is 912. The molecule has 0 saturated carbocycles. The van der Waals surface area contributed by atoms with Crippen molar-refractivity contribution < 1.29 is 19.8 Å². The van der Waals surface area contributed by atoms with Crippen LogP contribution >= 0.6 is 0 Å². The van der Waals surface area contributed by atoms with Gasteiger partial charge in [0.25, 0.3) is 0 Å². The van der Waals surface area contributed by atoms with E-state index in [2.05, 4.69) is 33.9 Å². The Morgan fingerprint density at radius 2 is 1.80 bits per heavy atom. The number of hydrogen-bond acceptors (Lipinski definition) is 4. The highest BCUT2D eigenvalue weighted by Gasteiger charge is 2.06. The third-order valence-electron chi connectivity index (χ3n) is 3.40. The lowest BCUT2D eigenvalue weighted by Crippen LogP contribution is -2.21. The molecule has 0 aliphatic carbocycles. The number of carboxylic acids is 2. The van der Waals surface area contributed by atoms with Crippen LogP contribution in [0.25, 0.3) is 21.7 Å². The predicted octanol–water partition coefficient (Wildman–Crippen LogP) is 2.25. The third kappa shape index (κ3) is 4.89. The SMILES string of the molecule is C[C@H](N)Cn1ccc2ccc3ccncc3c21.O=C(O)C=CC(=O)O. The summed E-state index contributed by atoms with van der Waals surface area (Å²) in [5.41, 5.74) is 7.11. The molecule has 0 bridgehead atoms. The second-order valence-corrected chi connectivity index (χ2v) is 5.56. The van der Waals surface area contributed by atoms with Crippen LogP contribution in [-0.2, 0) is 16.1 Å². The average Bonchev–Trinajstić information content (AvgIpc) is 2.96. The standard InChI is InChI=1S/C14H15N3.C4H4O4/c1-10(15)9-17-7-5-12-3-2-11-4-6-16-8-13(11)14(12)17;5-3(6)1-2-4(7)8/h2-8,10H,9,15H2,1H3;1-2H,(H,5,6)(H,7,8)/t10-;/m0./s1. The Balaban J connectivity index is 0.000000242. The zero-order valence-electron chi connectivity index (χ0n) is 13.7. The highest BCUT2D eigenvalue weighted by Crippen LogP contribution is 2.25. The van der Waals surface area contributed by atoms with Gasteiger partial charge in [-0.3, -0.25) is 4.98 Å². The molecule has 0 unspecified atom stereocenters. The summed E-state index contributed by atoms with van der Waals surface area (Å²) >= 11 is 0. The van der Waals surface area contributed by atoms with E-state index < -0.39 is 11.9 Å². The number of carboxylic acid groups (broad SMARTS) is 2. The highest BCUT2D eigenvalue weighted by molar-refractivity contribution is 6.05. The molecule has 0 aliphatic heterocycles. The van der Waals surface area contributed by atoms with Crippen LogP contribution in [0.4, 0.5) is 0 Å². The lowest BCUT2D eigenvalue weighted by atomic mass is 10.1. The van der Waals surface area contributed by atoms with Gasteiger partial charge in [0.05, 0.1) is 5.52 Å². The van der Waals surface area contributed by atoms with Gasteiger partial charge in [0.1, 0.15) is 0 Å². The van der Waals surface area contributed by atoms with Crippen molar-refractivity contribution >= 4 is 33.6 Å². The van der Waals surface area contributed by atoms with Gasteiger partial charge in [-0.1, -0.05) is 12.1 Å². The van der Waals surface area contributed by atoms with Gasteiger partial charge in [0.2, 0.25) is 0 Å². The second kappa shape index (κ2) is 8.07. The van der Waals surface area contributed by atoms with Crippen LogP contribution in [0.15, 0.2) is 55.0 Å². The Kier molecular flexibility index (Phi) is 5.86. The van der Waals surface area contributed by atoms with Gasteiger partial charge >= 0.3 is 11.9 Å². The molecule has 0 fully saturated rings. The zero-order valence-corrected chi connectivity index (χ0v) is 13.7. The molecule has 1 atom stereocenters. The van der Waals surface area contributed by atoms with Crippen molar-refractivity contribution in [2.45, 2.75) is 19.5 Å². The molecule has 0 radical (unpaired) electrons. The molecule has 3 aromatic rings. The summed E-state index contributed by atoms with van der Waals surface area (Å²) in [5.74, 6) is -2.51. The number of aliphatic carboxylic acids is 2. The molecule has 3 rings (SSSR count). The summed E-state index contributed by atoms with van der Waals surface area (Å²) in [4.78, 5) is 23.3. The topological polar surface area (TPSA) is 118 Å². The minimum atomic E-state index is -1.26. The highest BCUT2D eigenvalue weighted by atomic mass is 16.4. The summed E-state index contributed by atoms with van der Waals surface area (Å²) in [5, 5.41) is 19.3. The van der Waals surface area contributed by atoms with E-state index in [1.807, 2.05) is 25.4 Å². The molecule has 0 saturated heterocycles. The molecule has 0 spiro atoms. The number of fused-ring (bicyclic) bond motifs is 3. The van der Waals surface area contributed by atoms with Crippen molar-refractivity contribution in [3.05, 3.63) is 55.0 Å². The maximum atomic E-state index is 9.55. The lowest BCUT2D eigenvalue weighted by Gasteiger charge is -2.10. The fourth-order valence-electron chi connectivity index (χ4n) is 2.47. The minimum Gasteiger partial charge on any atom is -0.478 e. The molecule has 2 heterocycles. The van der Waals surface area contributed by atoms with Gasteiger partial charge in [0.15, 0.2) is 0 Å². The number of nitrogens with two attached hydrogens (primary N) is 1. The normalized spacial score (nSPS) is 12.1. The van der Waals surface area contributed by atoms with Crippen LogP contribution in [0.2, 0.25) is 0 Å². The minimum absolute atomic E-state index is 0.150. The van der Waals surface area contributed by atoms with Crippen LogP contribution < -0.4 is 5.73 Å². The van der Waals surface area contributed by atoms with Crippen molar-refractivity contribution in [3.63, 3.8) is 0 Å². The molecule has 7 nitrogen and oxygen atoms in total. The first-order valence-corrected chi connectivity index (χ1v) is 7.59. The Morgan fingerprint density at radius 1 is 1.16 bits per heavy atom. The molecule has 130 valence electrons. The second-order valence-electron chi connectivity index (χ2n) is 5.56. The number of nitrogens with zero attached hydrogens (tertiary/aromatic N) is 2. The number of rotatable bonds is 4. The van der Waals surface area contributed by atoms with Crippen LogP contribution in [0.3, 0.4) is 0 Å². The van der Waals surface area contributed by atoms with Crippen LogP contribution in [0.1, 0.15) is 6.92 Å². The first kappa shape index (κ1) is 18.2. The molecule has 0 aliphatic rings. The van der Waals surface area contributed by atoms with Crippen molar-refractivity contribution in [1.29, 1.82) is 0 Å². The van der Waals surface area contributed by atoms with Crippen molar-refractivity contribution in [2.75, 3.05) is 0 Å². The maximum Gasteiger partial charge on any atom is 0.328 e. The average molecular weight is 341 g/mol. The molecule has 2 aromatic heterocycles. The van der Waals surface area contributed by atoms with Gasteiger partial charge in [-0.2, -0.15) is 0 Å². The summed E-state index contributed by atoms with van der Waals surface area (Å²) in [7, 11) is 0. The maximum absolute atomic E-state index is 9.55. The van der Waals surface area contributed by atoms with Gasteiger partial charge < -0.3 is 20.5 Å². The van der Waals surface area contributed by atoms with Gasteiger partial charge in [-0.15, -0.1) is 0 Å². The third-order valence-corrected chi connectivity index (χ3v) is 3.40. The van der Waals surface area contributed by atoms with E-state index in [0.717, 1.165) is 6.54 Å². The Morgan fingerprint density at radius 3 is 2.40 bits per heavy atom. The van der Waals surface area contributed by atoms with E-state index in [0.29, 0.717) is 12.2 Å². The van der Waals surface area contributed by atoms with Crippen LogP contribution in [0.5, 0.6) is 0 Å².